The highest BCUT2D eigenvalue weighted by molar-refractivity contribution is 5.89. The molecular weight excluding hydrogens is 334 g/mol. The van der Waals surface area contributed by atoms with Crippen molar-refractivity contribution in [2.24, 2.45) is 0 Å². The molecule has 0 unspecified atom stereocenters. The third-order valence-electron chi connectivity index (χ3n) is 3.69. The number of carbonyl (C=O) groups excluding carboxylic acids is 2. The second-order valence-electron chi connectivity index (χ2n) is 6.73. The summed E-state index contributed by atoms with van der Waals surface area (Å²) in [5.41, 5.74) is -0.999. The third kappa shape index (κ3) is 4.58. The van der Waals surface area contributed by atoms with Gasteiger partial charge in [-0.15, -0.1) is 0 Å². The summed E-state index contributed by atoms with van der Waals surface area (Å²) in [7, 11) is 1.14. The van der Waals surface area contributed by atoms with Gasteiger partial charge in [0.1, 0.15) is 22.9 Å². The molecule has 0 radical (unpaired) electrons. The Morgan fingerprint density at radius 2 is 1.56 bits per heavy atom. The molecule has 1 amide bonds. The molecule has 1 aromatic carbocycles. The average Bonchev–Trinajstić information content (AvgIpc) is 2.52. The van der Waals surface area contributed by atoms with E-state index in [0.717, 1.165) is 19.2 Å². The maximum atomic E-state index is 14.3. The van der Waals surface area contributed by atoms with Gasteiger partial charge in [0, 0.05) is 26.2 Å². The Morgan fingerprint density at radius 1 is 1.04 bits per heavy atom. The molecule has 0 saturated carbocycles. The van der Waals surface area contributed by atoms with Crippen molar-refractivity contribution in [2.45, 2.75) is 26.4 Å². The number of halogens is 2. The molecule has 138 valence electrons. The minimum Gasteiger partial charge on any atom is -0.465 e. The standard InChI is InChI=1S/C17H22F2N2O4/c1-17(2,3)25-16(23)21-7-5-20(6-8-21)14-12(18)9-11(10-13(14)19)15(22)24-4/h9-10H,5-8H2,1-4H3. The fraction of sp³-hybridized carbons (Fsp3) is 0.529. The summed E-state index contributed by atoms with van der Waals surface area (Å²) < 4.78 is 38.3. The summed E-state index contributed by atoms with van der Waals surface area (Å²) in [6.07, 6.45) is -0.450. The number of hydrogen-bond donors (Lipinski definition) is 0. The number of benzene rings is 1. The van der Waals surface area contributed by atoms with E-state index < -0.39 is 29.3 Å². The third-order valence-corrected chi connectivity index (χ3v) is 3.69. The lowest BCUT2D eigenvalue weighted by Crippen LogP contribution is -2.50. The zero-order valence-corrected chi connectivity index (χ0v) is 14.8. The number of nitrogens with zero attached hydrogens (tertiary/aromatic N) is 2. The van der Waals surface area contributed by atoms with Gasteiger partial charge in [-0.25, -0.2) is 18.4 Å². The number of carbonyl (C=O) groups is 2. The normalized spacial score (nSPS) is 15.1. The molecule has 1 aromatic rings. The van der Waals surface area contributed by atoms with E-state index in [1.165, 1.54) is 9.80 Å². The summed E-state index contributed by atoms with van der Waals surface area (Å²) in [6.45, 7) is 6.40. The van der Waals surface area contributed by atoms with Crippen molar-refractivity contribution in [2.75, 3.05) is 38.2 Å². The molecule has 0 spiro atoms. The first kappa shape index (κ1) is 19.0. The molecule has 8 heteroatoms. The second-order valence-corrected chi connectivity index (χ2v) is 6.73. The first-order chi connectivity index (χ1) is 11.6. The van der Waals surface area contributed by atoms with Crippen molar-refractivity contribution < 1.29 is 27.8 Å². The maximum absolute atomic E-state index is 14.3. The van der Waals surface area contributed by atoms with Crippen molar-refractivity contribution >= 4 is 17.7 Å². The van der Waals surface area contributed by atoms with Crippen LogP contribution in [-0.4, -0.2) is 55.9 Å². The van der Waals surface area contributed by atoms with Gasteiger partial charge in [-0.1, -0.05) is 0 Å². The summed E-state index contributed by atoms with van der Waals surface area (Å²) in [4.78, 5) is 26.4. The Bertz CT molecular complexity index is 642. The average molecular weight is 356 g/mol. The Morgan fingerprint density at radius 3 is 2.00 bits per heavy atom. The van der Waals surface area contributed by atoms with Gasteiger partial charge in [-0.3, -0.25) is 0 Å². The lowest BCUT2D eigenvalue weighted by atomic mass is 10.1. The van der Waals surface area contributed by atoms with Crippen LogP contribution in [0.15, 0.2) is 12.1 Å². The molecule has 2 rings (SSSR count). The van der Waals surface area contributed by atoms with Gasteiger partial charge in [0.25, 0.3) is 0 Å². The second kappa shape index (κ2) is 7.25. The molecule has 1 saturated heterocycles. The molecule has 0 atom stereocenters. The van der Waals surface area contributed by atoms with Crippen molar-refractivity contribution in [1.29, 1.82) is 0 Å². The van der Waals surface area contributed by atoms with Crippen molar-refractivity contribution in [3.63, 3.8) is 0 Å². The summed E-state index contributed by atoms with van der Waals surface area (Å²) in [6, 6.07) is 1.90. The number of rotatable bonds is 2. The Kier molecular flexibility index (Phi) is 5.49. The molecule has 1 heterocycles. The van der Waals surface area contributed by atoms with Gasteiger partial charge in [0.15, 0.2) is 0 Å². The van der Waals surface area contributed by atoms with Crippen LogP contribution in [-0.2, 0) is 9.47 Å². The fourth-order valence-electron chi connectivity index (χ4n) is 2.54. The Balaban J connectivity index is 2.08. The molecule has 0 aliphatic carbocycles. The molecule has 1 aliphatic heterocycles. The zero-order valence-electron chi connectivity index (χ0n) is 14.8. The number of hydrogen-bond acceptors (Lipinski definition) is 5. The lowest BCUT2D eigenvalue weighted by Gasteiger charge is -2.37. The highest BCUT2D eigenvalue weighted by Crippen LogP contribution is 2.26. The van der Waals surface area contributed by atoms with Crippen LogP contribution < -0.4 is 4.90 Å². The predicted octanol–water partition coefficient (Wildman–Crippen LogP) is 2.81. The summed E-state index contributed by atoms with van der Waals surface area (Å²) in [5.74, 6) is -2.49. The van der Waals surface area contributed by atoms with E-state index in [-0.39, 0.29) is 37.4 Å². The van der Waals surface area contributed by atoms with Crippen molar-refractivity contribution in [1.82, 2.24) is 4.90 Å². The van der Waals surface area contributed by atoms with Crippen molar-refractivity contribution in [3.8, 4) is 0 Å². The topological polar surface area (TPSA) is 59.1 Å². The van der Waals surface area contributed by atoms with Crippen molar-refractivity contribution in [3.05, 3.63) is 29.3 Å². The van der Waals surface area contributed by atoms with Gasteiger partial charge in [0.2, 0.25) is 0 Å². The summed E-state index contributed by atoms with van der Waals surface area (Å²) >= 11 is 0. The molecule has 6 nitrogen and oxygen atoms in total. The first-order valence-corrected chi connectivity index (χ1v) is 7.92. The summed E-state index contributed by atoms with van der Waals surface area (Å²) in [5, 5.41) is 0. The number of ether oxygens (including phenoxy) is 2. The minimum absolute atomic E-state index is 0.186. The van der Waals surface area contributed by atoms with E-state index in [1.54, 1.807) is 20.8 Å². The fourth-order valence-corrected chi connectivity index (χ4v) is 2.54. The molecular formula is C17H22F2N2O4. The quantitative estimate of drug-likeness (QED) is 0.763. The van der Waals surface area contributed by atoms with Crippen LogP contribution in [0.2, 0.25) is 0 Å². The first-order valence-electron chi connectivity index (χ1n) is 7.92. The van der Waals surface area contributed by atoms with Crippen LogP contribution in [0.3, 0.4) is 0 Å². The number of anilines is 1. The van der Waals surface area contributed by atoms with Gasteiger partial charge < -0.3 is 19.3 Å². The van der Waals surface area contributed by atoms with Crippen LogP contribution in [0.1, 0.15) is 31.1 Å². The number of methoxy groups -OCH3 is 1. The zero-order chi connectivity index (χ0) is 18.8. The van der Waals surface area contributed by atoms with E-state index in [0.29, 0.717) is 0 Å². The van der Waals surface area contributed by atoms with Crippen LogP contribution in [0, 0.1) is 11.6 Å². The van der Waals surface area contributed by atoms with Gasteiger partial charge in [-0.2, -0.15) is 0 Å². The highest BCUT2D eigenvalue weighted by Gasteiger charge is 2.28. The van der Waals surface area contributed by atoms with E-state index >= 15 is 0 Å². The molecule has 0 N–H and O–H groups in total. The smallest absolute Gasteiger partial charge is 0.410 e. The van der Waals surface area contributed by atoms with Crippen LogP contribution in [0.4, 0.5) is 19.3 Å². The van der Waals surface area contributed by atoms with E-state index in [2.05, 4.69) is 4.74 Å². The van der Waals surface area contributed by atoms with Gasteiger partial charge >= 0.3 is 12.1 Å². The minimum atomic E-state index is -0.842. The Labute approximate surface area is 145 Å². The largest absolute Gasteiger partial charge is 0.465 e. The molecule has 1 fully saturated rings. The number of amides is 1. The van der Waals surface area contributed by atoms with Gasteiger partial charge in [-0.05, 0) is 32.9 Å². The number of piperazine rings is 1. The number of esters is 1. The molecule has 25 heavy (non-hydrogen) atoms. The van der Waals surface area contributed by atoms with E-state index in [4.69, 9.17) is 4.74 Å². The monoisotopic (exact) mass is 356 g/mol. The van der Waals surface area contributed by atoms with Crippen LogP contribution >= 0.6 is 0 Å². The molecule has 1 aliphatic rings. The molecule has 0 aromatic heterocycles. The lowest BCUT2D eigenvalue weighted by molar-refractivity contribution is 0.0240. The highest BCUT2D eigenvalue weighted by atomic mass is 19.1. The SMILES string of the molecule is COC(=O)c1cc(F)c(N2CCN(C(=O)OC(C)(C)C)CC2)c(F)c1. The maximum Gasteiger partial charge on any atom is 0.410 e. The van der Waals surface area contributed by atoms with E-state index in [9.17, 15) is 18.4 Å². The predicted molar refractivity (Wildman–Crippen MR) is 87.7 cm³/mol. The molecule has 0 bridgehead atoms. The Hall–Kier alpha value is -2.38. The van der Waals surface area contributed by atoms with E-state index in [1.807, 2.05) is 0 Å². The van der Waals surface area contributed by atoms with Crippen LogP contribution in [0.5, 0.6) is 0 Å². The van der Waals surface area contributed by atoms with Crippen LogP contribution in [0.25, 0.3) is 0 Å². The van der Waals surface area contributed by atoms with Gasteiger partial charge in [0.05, 0.1) is 12.7 Å².